The summed E-state index contributed by atoms with van der Waals surface area (Å²) in [7, 11) is 0. The van der Waals surface area contributed by atoms with E-state index in [0.717, 1.165) is 24.3 Å². The number of hydrogen-bond donors (Lipinski definition) is 1. The summed E-state index contributed by atoms with van der Waals surface area (Å²) < 4.78 is 58.7. The molecule has 3 rings (SSSR count). The molecule has 4 nitrogen and oxygen atoms in total. The zero-order valence-corrected chi connectivity index (χ0v) is 18.1. The van der Waals surface area contributed by atoms with E-state index in [2.05, 4.69) is 0 Å². The summed E-state index contributed by atoms with van der Waals surface area (Å²) in [5.74, 6) is -0.368. The van der Waals surface area contributed by atoms with Crippen LogP contribution in [0.2, 0.25) is 0 Å². The van der Waals surface area contributed by atoms with Crippen LogP contribution in [0.3, 0.4) is 0 Å². The summed E-state index contributed by atoms with van der Waals surface area (Å²) in [6, 6.07) is 8.08. The molecule has 0 bridgehead atoms. The molecule has 0 radical (unpaired) electrons. The van der Waals surface area contributed by atoms with Crippen LogP contribution in [0.1, 0.15) is 44.2 Å². The van der Waals surface area contributed by atoms with E-state index in [0.29, 0.717) is 38.3 Å². The molecule has 174 valence electrons. The first-order chi connectivity index (χ1) is 14.9. The molecule has 8 heteroatoms. The monoisotopic (exact) mass is 453 g/mol. The summed E-state index contributed by atoms with van der Waals surface area (Å²) in [4.78, 5) is 14.3. The lowest BCUT2D eigenvalue weighted by Crippen LogP contribution is -2.47. The highest BCUT2D eigenvalue weighted by Gasteiger charge is 2.35. The van der Waals surface area contributed by atoms with Crippen molar-refractivity contribution in [1.82, 2.24) is 4.90 Å². The minimum Gasteiger partial charge on any atom is -0.457 e. The average Bonchev–Trinajstić information content (AvgIpc) is 2.68. The van der Waals surface area contributed by atoms with Gasteiger partial charge in [-0.25, -0.2) is 4.39 Å². The lowest BCUT2D eigenvalue weighted by Gasteiger charge is -2.39. The Balaban J connectivity index is 1.74. The second-order valence-corrected chi connectivity index (χ2v) is 8.80. The molecule has 1 aliphatic rings. The van der Waals surface area contributed by atoms with Crippen LogP contribution in [0.4, 0.5) is 17.6 Å². The van der Waals surface area contributed by atoms with Gasteiger partial charge in [0.1, 0.15) is 17.3 Å². The van der Waals surface area contributed by atoms with Gasteiger partial charge < -0.3 is 14.7 Å². The zero-order chi connectivity index (χ0) is 23.5. The second kappa shape index (κ2) is 9.48. The number of rotatable bonds is 6. The molecule has 0 aromatic heterocycles. The average molecular weight is 453 g/mol. The van der Waals surface area contributed by atoms with Gasteiger partial charge in [-0.15, -0.1) is 0 Å². The standard InChI is InChI=1S/C24H27F4NO3/c1-16(2)15-23(31)7-9-29(10-8-23)22(30)13-17-11-18(24(26,27)28)14-21(12-17)32-20-5-3-19(25)4-6-20/h3-6,11-12,14,16,31H,7-10,13,15H2,1-2H3. The highest BCUT2D eigenvalue weighted by Crippen LogP contribution is 2.35. The van der Waals surface area contributed by atoms with Gasteiger partial charge >= 0.3 is 6.18 Å². The molecule has 1 heterocycles. The van der Waals surface area contributed by atoms with Gasteiger partial charge in [0.15, 0.2) is 0 Å². The fourth-order valence-corrected chi connectivity index (χ4v) is 4.05. The Bertz CT molecular complexity index is 933. The largest absolute Gasteiger partial charge is 0.457 e. The van der Waals surface area contributed by atoms with Gasteiger partial charge in [-0.2, -0.15) is 13.2 Å². The van der Waals surface area contributed by atoms with Crippen molar-refractivity contribution in [2.45, 2.75) is 51.3 Å². The summed E-state index contributed by atoms with van der Waals surface area (Å²) >= 11 is 0. The SMILES string of the molecule is CC(C)CC1(O)CCN(C(=O)Cc2cc(Oc3ccc(F)cc3)cc(C(F)(F)F)c2)CC1. The Morgan fingerprint density at radius 2 is 1.72 bits per heavy atom. The molecule has 1 amide bonds. The molecule has 32 heavy (non-hydrogen) atoms. The van der Waals surface area contributed by atoms with E-state index in [-0.39, 0.29) is 29.4 Å². The van der Waals surface area contributed by atoms with Crippen LogP contribution >= 0.6 is 0 Å². The second-order valence-electron chi connectivity index (χ2n) is 8.80. The number of aliphatic hydroxyl groups is 1. The summed E-state index contributed by atoms with van der Waals surface area (Å²) in [5, 5.41) is 10.6. The molecule has 0 spiro atoms. The Hall–Kier alpha value is -2.61. The van der Waals surface area contributed by atoms with Gasteiger partial charge in [0, 0.05) is 13.1 Å². The highest BCUT2D eigenvalue weighted by atomic mass is 19.4. The molecule has 1 saturated heterocycles. The predicted octanol–water partition coefficient (Wildman–Crippen LogP) is 5.58. The number of halogens is 4. The smallest absolute Gasteiger partial charge is 0.416 e. The lowest BCUT2D eigenvalue weighted by molar-refractivity contribution is -0.138. The molecule has 2 aromatic rings. The van der Waals surface area contributed by atoms with Crippen molar-refractivity contribution < 1.29 is 32.2 Å². The van der Waals surface area contributed by atoms with E-state index in [9.17, 15) is 27.5 Å². The van der Waals surface area contributed by atoms with Gasteiger partial charge in [0.25, 0.3) is 0 Å². The van der Waals surface area contributed by atoms with Gasteiger partial charge in [-0.05, 0) is 73.2 Å². The van der Waals surface area contributed by atoms with Crippen molar-refractivity contribution in [3.05, 3.63) is 59.4 Å². The topological polar surface area (TPSA) is 49.8 Å². The van der Waals surface area contributed by atoms with Gasteiger partial charge in [0.2, 0.25) is 5.91 Å². The van der Waals surface area contributed by atoms with Crippen LogP contribution in [0.25, 0.3) is 0 Å². The highest BCUT2D eigenvalue weighted by molar-refractivity contribution is 5.79. The fourth-order valence-electron chi connectivity index (χ4n) is 4.05. The Labute approximate surface area is 184 Å². The predicted molar refractivity (Wildman–Crippen MR) is 112 cm³/mol. The molecular weight excluding hydrogens is 426 g/mol. The first-order valence-corrected chi connectivity index (χ1v) is 10.6. The van der Waals surface area contributed by atoms with Crippen LogP contribution < -0.4 is 4.74 Å². The maximum absolute atomic E-state index is 13.4. The molecule has 0 saturated carbocycles. The molecule has 0 aliphatic carbocycles. The molecule has 0 unspecified atom stereocenters. The van der Waals surface area contributed by atoms with Crippen molar-refractivity contribution in [2.24, 2.45) is 5.92 Å². The molecular formula is C24H27F4NO3. The Morgan fingerprint density at radius 1 is 1.09 bits per heavy atom. The minimum atomic E-state index is -4.61. The number of piperidine rings is 1. The molecule has 1 fully saturated rings. The van der Waals surface area contributed by atoms with Crippen LogP contribution in [0.5, 0.6) is 11.5 Å². The zero-order valence-electron chi connectivity index (χ0n) is 18.1. The van der Waals surface area contributed by atoms with Crippen molar-refractivity contribution in [3.8, 4) is 11.5 Å². The third-order valence-electron chi connectivity index (χ3n) is 5.53. The Kier molecular flexibility index (Phi) is 7.12. The first-order valence-electron chi connectivity index (χ1n) is 10.6. The number of nitrogens with zero attached hydrogens (tertiary/aromatic N) is 1. The number of likely N-dealkylation sites (tertiary alicyclic amines) is 1. The van der Waals surface area contributed by atoms with Crippen LogP contribution in [-0.4, -0.2) is 34.6 Å². The van der Waals surface area contributed by atoms with Crippen LogP contribution in [0, 0.1) is 11.7 Å². The molecule has 1 N–H and O–H groups in total. The van der Waals surface area contributed by atoms with Crippen molar-refractivity contribution in [2.75, 3.05) is 13.1 Å². The van der Waals surface area contributed by atoms with Gasteiger partial charge in [-0.3, -0.25) is 4.79 Å². The number of hydrogen-bond acceptors (Lipinski definition) is 3. The molecule has 0 atom stereocenters. The fraction of sp³-hybridized carbons (Fsp3) is 0.458. The van der Waals surface area contributed by atoms with E-state index >= 15 is 0 Å². The molecule has 2 aromatic carbocycles. The third kappa shape index (κ3) is 6.45. The number of carbonyl (C=O) groups excluding carboxylic acids is 1. The first kappa shape index (κ1) is 24.0. The summed E-state index contributed by atoms with van der Waals surface area (Å²) in [5.41, 5.74) is -1.56. The van der Waals surface area contributed by atoms with E-state index in [4.69, 9.17) is 4.74 Å². The maximum atomic E-state index is 13.4. The normalized spacial score (nSPS) is 16.3. The number of ether oxygens (including phenoxy) is 1. The maximum Gasteiger partial charge on any atom is 0.416 e. The van der Waals surface area contributed by atoms with E-state index in [1.165, 1.54) is 18.2 Å². The molecule has 1 aliphatic heterocycles. The van der Waals surface area contributed by atoms with Crippen molar-refractivity contribution >= 4 is 5.91 Å². The minimum absolute atomic E-state index is 0.0841. The van der Waals surface area contributed by atoms with Crippen molar-refractivity contribution in [3.63, 3.8) is 0 Å². The van der Waals surface area contributed by atoms with E-state index < -0.39 is 23.2 Å². The third-order valence-corrected chi connectivity index (χ3v) is 5.53. The van der Waals surface area contributed by atoms with Gasteiger partial charge in [-0.1, -0.05) is 13.8 Å². The Morgan fingerprint density at radius 3 is 2.28 bits per heavy atom. The summed E-state index contributed by atoms with van der Waals surface area (Å²) in [6.45, 7) is 4.77. The van der Waals surface area contributed by atoms with E-state index in [1.54, 1.807) is 4.90 Å². The number of alkyl halides is 3. The van der Waals surface area contributed by atoms with Crippen molar-refractivity contribution in [1.29, 1.82) is 0 Å². The number of benzene rings is 2. The lowest BCUT2D eigenvalue weighted by atomic mass is 9.84. The van der Waals surface area contributed by atoms with Gasteiger partial charge in [0.05, 0.1) is 17.6 Å². The summed E-state index contributed by atoms with van der Waals surface area (Å²) in [6.07, 6.45) is -3.30. The number of carbonyl (C=O) groups is 1. The quantitative estimate of drug-likeness (QED) is 0.581. The number of amides is 1. The van der Waals surface area contributed by atoms with E-state index in [1.807, 2.05) is 13.8 Å². The van der Waals surface area contributed by atoms with Crippen LogP contribution in [-0.2, 0) is 17.4 Å². The van der Waals surface area contributed by atoms with Crippen LogP contribution in [0.15, 0.2) is 42.5 Å².